The van der Waals surface area contributed by atoms with Gasteiger partial charge in [-0.05, 0) is 70.6 Å². The summed E-state index contributed by atoms with van der Waals surface area (Å²) in [5.41, 5.74) is 9.17. The van der Waals surface area contributed by atoms with Crippen LogP contribution in [0, 0.1) is 5.41 Å². The van der Waals surface area contributed by atoms with Crippen molar-refractivity contribution in [3.8, 4) is 0 Å². The molecule has 0 atom stereocenters. The van der Waals surface area contributed by atoms with E-state index in [1.54, 1.807) is 0 Å². The molecule has 0 rings (SSSR count). The lowest BCUT2D eigenvalue weighted by Crippen LogP contribution is -2.40. The van der Waals surface area contributed by atoms with Crippen molar-refractivity contribution in [1.82, 2.24) is 10.4 Å². The second kappa shape index (κ2) is 35.5. The Kier molecular flexibility index (Phi) is 34.1. The highest BCUT2D eigenvalue weighted by Crippen LogP contribution is 2.11. The van der Waals surface area contributed by atoms with Crippen LogP contribution in [-0.2, 0) is 0 Å². The minimum absolute atomic E-state index is 0.299. The third kappa shape index (κ3) is 34.6. The highest BCUT2D eigenvalue weighted by Gasteiger charge is 2.04. The Balaban J connectivity index is 3.85. The molecule has 244 valence electrons. The van der Waals surface area contributed by atoms with E-state index in [9.17, 15) is 0 Å². The first kappa shape index (κ1) is 40.4. The van der Waals surface area contributed by atoms with E-state index < -0.39 is 0 Å². The number of nitrogens with zero attached hydrogens (tertiary/aromatic N) is 1. The van der Waals surface area contributed by atoms with Crippen molar-refractivity contribution in [2.45, 2.75) is 168 Å². The summed E-state index contributed by atoms with van der Waals surface area (Å²) in [6.07, 6.45) is 48.6. The molecule has 4 heteroatoms. The summed E-state index contributed by atoms with van der Waals surface area (Å²) in [4.78, 5) is 0. The van der Waals surface area contributed by atoms with Crippen molar-refractivity contribution < 1.29 is 0 Å². The second-order valence-corrected chi connectivity index (χ2v) is 12.0. The summed E-state index contributed by atoms with van der Waals surface area (Å²) in [6, 6.07) is 0. The maximum absolute atomic E-state index is 7.45. The lowest BCUT2D eigenvalue weighted by Gasteiger charge is -2.23. The summed E-state index contributed by atoms with van der Waals surface area (Å²) in [5, 5.41) is 9.90. The number of unbranched alkanes of at least 4 members (excludes halogenated alkanes) is 16. The molecular weight excluding hydrogens is 512 g/mol. The van der Waals surface area contributed by atoms with Crippen LogP contribution in [0.5, 0.6) is 0 Å². The Bertz CT molecular complexity index is 618. The van der Waals surface area contributed by atoms with Crippen LogP contribution in [-0.4, -0.2) is 30.5 Å². The predicted octanol–water partition coefficient (Wildman–Crippen LogP) is 11.4. The van der Waals surface area contributed by atoms with Gasteiger partial charge in [0.1, 0.15) is 0 Å². The van der Waals surface area contributed by atoms with Crippen LogP contribution >= 0.6 is 0 Å². The van der Waals surface area contributed by atoms with Crippen LogP contribution in [0.1, 0.15) is 168 Å². The van der Waals surface area contributed by atoms with E-state index >= 15 is 0 Å². The molecule has 0 saturated heterocycles. The van der Waals surface area contributed by atoms with E-state index in [1.165, 1.54) is 128 Å². The average molecular weight is 585 g/mol. The van der Waals surface area contributed by atoms with Crippen molar-refractivity contribution in [3.05, 3.63) is 48.6 Å². The molecule has 0 aliphatic rings. The molecule has 0 aromatic rings. The molecule has 0 aliphatic carbocycles. The number of rotatable bonds is 33. The maximum atomic E-state index is 7.45. The first-order chi connectivity index (χ1) is 20.7. The Hall–Kier alpha value is -1.65. The quantitative estimate of drug-likeness (QED) is 0.0236. The van der Waals surface area contributed by atoms with Crippen molar-refractivity contribution in [2.75, 3.05) is 19.6 Å². The topological polar surface area (TPSA) is 65.1 Å². The smallest absolute Gasteiger partial charge is 0.0905 e. The Labute approximate surface area is 263 Å². The molecule has 4 nitrogen and oxygen atoms in total. The van der Waals surface area contributed by atoms with Crippen molar-refractivity contribution in [3.63, 3.8) is 0 Å². The number of nitrogens with one attached hydrogen (secondary N) is 2. The number of hydrogen-bond acceptors (Lipinski definition) is 3. The van der Waals surface area contributed by atoms with Crippen LogP contribution in [0.4, 0.5) is 0 Å². The van der Waals surface area contributed by atoms with Gasteiger partial charge in [0, 0.05) is 26.1 Å². The Morgan fingerprint density at radius 2 is 0.905 bits per heavy atom. The Morgan fingerprint density at radius 1 is 0.524 bits per heavy atom. The normalized spacial score (nSPS) is 12.4. The average Bonchev–Trinajstić information content (AvgIpc) is 2.98. The zero-order valence-corrected chi connectivity index (χ0v) is 28.2. The molecule has 0 saturated carbocycles. The van der Waals surface area contributed by atoms with Gasteiger partial charge in [-0.25, -0.2) is 5.01 Å². The van der Waals surface area contributed by atoms with Gasteiger partial charge in [0.05, 0.1) is 5.84 Å². The highest BCUT2D eigenvalue weighted by atomic mass is 15.5. The van der Waals surface area contributed by atoms with Gasteiger partial charge < -0.3 is 5.73 Å². The van der Waals surface area contributed by atoms with Crippen LogP contribution in [0.2, 0.25) is 0 Å². The number of amidine groups is 1. The molecule has 0 heterocycles. The van der Waals surface area contributed by atoms with Crippen LogP contribution < -0.4 is 11.2 Å². The first-order valence-electron chi connectivity index (χ1n) is 18.1. The minimum atomic E-state index is 0.299. The minimum Gasteiger partial charge on any atom is -0.388 e. The van der Waals surface area contributed by atoms with E-state index in [0.29, 0.717) is 12.3 Å². The fourth-order valence-electron chi connectivity index (χ4n) is 4.99. The number of hydrazine groups is 1. The Morgan fingerprint density at radius 3 is 1.31 bits per heavy atom. The molecule has 0 aromatic carbocycles. The molecule has 4 N–H and O–H groups in total. The largest absolute Gasteiger partial charge is 0.388 e. The zero-order chi connectivity index (χ0) is 30.6. The molecule has 0 spiro atoms. The lowest BCUT2D eigenvalue weighted by atomic mass is 10.1. The van der Waals surface area contributed by atoms with Gasteiger partial charge >= 0.3 is 0 Å². The summed E-state index contributed by atoms with van der Waals surface area (Å²) in [6.45, 7) is 7.69. The van der Waals surface area contributed by atoms with Gasteiger partial charge in [-0.2, -0.15) is 0 Å². The summed E-state index contributed by atoms with van der Waals surface area (Å²) in [5.74, 6) is 0.299. The number of nitrogens with two attached hydrogens (primary N) is 1. The molecule has 0 bridgehead atoms. The lowest BCUT2D eigenvalue weighted by molar-refractivity contribution is 0.178. The van der Waals surface area contributed by atoms with Gasteiger partial charge in [0.2, 0.25) is 0 Å². The van der Waals surface area contributed by atoms with Crippen LogP contribution in [0.3, 0.4) is 0 Å². The third-order valence-corrected chi connectivity index (χ3v) is 7.72. The molecule has 0 unspecified atom stereocenters. The summed E-state index contributed by atoms with van der Waals surface area (Å²) in [7, 11) is 0. The molecule has 0 aliphatic heterocycles. The van der Waals surface area contributed by atoms with Gasteiger partial charge in [-0.3, -0.25) is 10.8 Å². The van der Waals surface area contributed by atoms with Gasteiger partial charge in [-0.15, -0.1) is 0 Å². The van der Waals surface area contributed by atoms with Crippen molar-refractivity contribution in [1.29, 1.82) is 5.41 Å². The molecule has 0 fully saturated rings. The fraction of sp³-hybridized carbons (Fsp3) is 0.763. The number of hydrogen-bond donors (Lipinski definition) is 3. The maximum Gasteiger partial charge on any atom is 0.0905 e. The molecule has 0 aromatic heterocycles. The van der Waals surface area contributed by atoms with Gasteiger partial charge in [0.25, 0.3) is 0 Å². The fourth-order valence-corrected chi connectivity index (χ4v) is 4.99. The van der Waals surface area contributed by atoms with Crippen molar-refractivity contribution in [2.24, 2.45) is 5.73 Å². The van der Waals surface area contributed by atoms with E-state index in [1.807, 2.05) is 0 Å². The molecule has 0 amide bonds. The predicted molar refractivity (Wildman–Crippen MR) is 190 cm³/mol. The molecule has 0 radical (unpaired) electrons. The van der Waals surface area contributed by atoms with Crippen LogP contribution in [0.25, 0.3) is 0 Å². The van der Waals surface area contributed by atoms with Gasteiger partial charge in [0.15, 0.2) is 0 Å². The highest BCUT2D eigenvalue weighted by molar-refractivity contribution is 5.76. The molecule has 42 heavy (non-hydrogen) atoms. The van der Waals surface area contributed by atoms with Gasteiger partial charge in [-0.1, -0.05) is 140 Å². The second-order valence-electron chi connectivity index (χ2n) is 12.0. The van der Waals surface area contributed by atoms with E-state index in [4.69, 9.17) is 11.1 Å². The van der Waals surface area contributed by atoms with Crippen molar-refractivity contribution >= 4 is 5.84 Å². The monoisotopic (exact) mass is 585 g/mol. The summed E-state index contributed by atoms with van der Waals surface area (Å²) >= 11 is 0. The van der Waals surface area contributed by atoms with E-state index in [0.717, 1.165) is 38.9 Å². The SMILES string of the molecule is CCCC/C=C\C/C=C\CCCCCCCCN(CCCCCCCC/C=C\C/C=C\CCCC)NCCCC(=N)N. The van der Waals surface area contributed by atoms with E-state index in [2.05, 4.69) is 72.9 Å². The molecular formula is C38H72N4. The third-order valence-electron chi connectivity index (χ3n) is 7.72. The zero-order valence-electron chi connectivity index (χ0n) is 28.2. The van der Waals surface area contributed by atoms with E-state index in [-0.39, 0.29) is 0 Å². The summed E-state index contributed by atoms with van der Waals surface area (Å²) < 4.78 is 0. The standard InChI is InChI=1S/C38H72N4/c1-3-5-7-9-11-13-15-17-19-21-23-25-27-29-31-36-42(41-35-33-34-38(39)40)37-32-30-28-26-24-22-20-18-16-14-12-10-8-6-4-2/h9-12,15-18,41H,3-8,13-14,19-37H2,1-2H3,(H3,39,40)/b11-9-,12-10-,17-15-,18-16-. The number of allylic oxidation sites excluding steroid dienone is 8. The first-order valence-corrected chi connectivity index (χ1v) is 18.1. The van der Waals surface area contributed by atoms with Crippen LogP contribution in [0.15, 0.2) is 48.6 Å².